The van der Waals surface area contributed by atoms with Crippen LogP contribution in [0.25, 0.3) is 5.69 Å². The van der Waals surface area contributed by atoms with Crippen LogP contribution in [0.4, 0.5) is 8.78 Å². The third kappa shape index (κ3) is 4.80. The predicted molar refractivity (Wildman–Crippen MR) is 109 cm³/mol. The fraction of sp³-hybridized carbons (Fsp3) is 0.545. The van der Waals surface area contributed by atoms with Crippen molar-refractivity contribution in [3.63, 3.8) is 0 Å². The highest BCUT2D eigenvalue weighted by atomic mass is 19.3. The average molecular weight is 418 g/mol. The number of nitrogens with zero attached hydrogens (tertiary/aromatic N) is 4. The van der Waals surface area contributed by atoms with Crippen LogP contribution in [-0.2, 0) is 0 Å². The van der Waals surface area contributed by atoms with E-state index in [0.29, 0.717) is 18.2 Å². The molecular weight excluding hydrogens is 390 g/mol. The smallest absolute Gasteiger partial charge is 0.267 e. The standard InChI is InChI=1S/C22H28F2N4O2/c1-17-4-2-10-26(17)11-3-13-30-20-7-5-19(6-8-20)28-15-18(14-25-28)21(29)27-12-9-22(23,24)16-27/h5-8,14-15,17H,2-4,9-13,16H2,1H3. The van der Waals surface area contributed by atoms with Gasteiger partial charge < -0.3 is 14.5 Å². The summed E-state index contributed by atoms with van der Waals surface area (Å²) in [5.74, 6) is -2.42. The summed E-state index contributed by atoms with van der Waals surface area (Å²) in [6.45, 7) is 4.74. The highest BCUT2D eigenvalue weighted by Gasteiger charge is 2.40. The number of alkyl halides is 2. The van der Waals surface area contributed by atoms with Crippen LogP contribution in [0.3, 0.4) is 0 Å². The minimum atomic E-state index is -2.80. The van der Waals surface area contributed by atoms with Crippen LogP contribution in [-0.4, -0.2) is 70.2 Å². The molecule has 2 aliphatic heterocycles. The Morgan fingerprint density at radius 1 is 1.27 bits per heavy atom. The van der Waals surface area contributed by atoms with Gasteiger partial charge in [-0.25, -0.2) is 13.5 Å². The van der Waals surface area contributed by atoms with Gasteiger partial charge in [0.25, 0.3) is 11.8 Å². The summed E-state index contributed by atoms with van der Waals surface area (Å²) in [7, 11) is 0. The second kappa shape index (κ2) is 8.71. The van der Waals surface area contributed by atoms with Crippen LogP contribution in [0.5, 0.6) is 5.75 Å². The Balaban J connectivity index is 1.28. The summed E-state index contributed by atoms with van der Waals surface area (Å²) in [5.41, 5.74) is 1.09. The lowest BCUT2D eigenvalue weighted by atomic mass is 10.2. The van der Waals surface area contributed by atoms with Crippen LogP contribution in [0, 0.1) is 0 Å². The van der Waals surface area contributed by atoms with Gasteiger partial charge in [0, 0.05) is 31.7 Å². The van der Waals surface area contributed by atoms with E-state index in [4.69, 9.17) is 4.74 Å². The number of amides is 1. The molecule has 0 N–H and O–H groups in total. The van der Waals surface area contributed by atoms with Crippen molar-refractivity contribution in [2.24, 2.45) is 0 Å². The summed E-state index contributed by atoms with van der Waals surface area (Å²) in [6.07, 6.45) is 6.27. The largest absolute Gasteiger partial charge is 0.494 e. The van der Waals surface area contributed by atoms with Crippen molar-refractivity contribution in [2.75, 3.05) is 32.8 Å². The molecule has 0 aliphatic carbocycles. The Labute approximate surface area is 175 Å². The summed E-state index contributed by atoms with van der Waals surface area (Å²) in [6, 6.07) is 8.15. The quantitative estimate of drug-likeness (QED) is 0.645. The zero-order chi connectivity index (χ0) is 21.1. The fourth-order valence-corrected chi connectivity index (χ4v) is 4.14. The van der Waals surface area contributed by atoms with Gasteiger partial charge in [-0.1, -0.05) is 0 Å². The molecule has 3 heterocycles. The molecule has 0 spiro atoms. The molecule has 2 aliphatic rings. The molecule has 0 bridgehead atoms. The van der Waals surface area contributed by atoms with Crippen molar-refractivity contribution in [3.8, 4) is 11.4 Å². The normalized spacial score (nSPS) is 21.3. The lowest BCUT2D eigenvalue weighted by Gasteiger charge is -2.20. The number of rotatable bonds is 7. The first-order valence-electron chi connectivity index (χ1n) is 10.6. The Hall–Kier alpha value is -2.48. The number of carbonyl (C=O) groups is 1. The molecule has 162 valence electrons. The summed E-state index contributed by atoms with van der Waals surface area (Å²) < 4.78 is 34.1. The van der Waals surface area contributed by atoms with Crippen molar-refractivity contribution in [3.05, 3.63) is 42.2 Å². The maximum Gasteiger partial charge on any atom is 0.267 e. The Morgan fingerprint density at radius 3 is 2.73 bits per heavy atom. The van der Waals surface area contributed by atoms with Crippen LogP contribution >= 0.6 is 0 Å². The van der Waals surface area contributed by atoms with Gasteiger partial charge in [-0.3, -0.25) is 4.79 Å². The van der Waals surface area contributed by atoms with Gasteiger partial charge >= 0.3 is 0 Å². The number of hydrogen-bond acceptors (Lipinski definition) is 4. The maximum absolute atomic E-state index is 13.4. The van der Waals surface area contributed by atoms with Gasteiger partial charge in [-0.15, -0.1) is 0 Å². The first-order chi connectivity index (χ1) is 14.4. The molecule has 0 saturated carbocycles. The van der Waals surface area contributed by atoms with Gasteiger partial charge in [0.1, 0.15) is 5.75 Å². The van der Waals surface area contributed by atoms with E-state index in [2.05, 4.69) is 16.9 Å². The van der Waals surface area contributed by atoms with E-state index in [1.165, 1.54) is 30.5 Å². The zero-order valence-corrected chi connectivity index (χ0v) is 17.3. The lowest BCUT2D eigenvalue weighted by molar-refractivity contribution is 0.0120. The molecule has 1 aromatic carbocycles. The summed E-state index contributed by atoms with van der Waals surface area (Å²) >= 11 is 0. The molecule has 30 heavy (non-hydrogen) atoms. The molecule has 1 unspecified atom stereocenters. The molecule has 8 heteroatoms. The average Bonchev–Trinajstić information content (AvgIpc) is 3.45. The number of ether oxygens (including phenoxy) is 1. The Kier molecular flexibility index (Phi) is 6.04. The van der Waals surface area contributed by atoms with Gasteiger partial charge in [0.05, 0.1) is 30.6 Å². The van der Waals surface area contributed by atoms with Gasteiger partial charge in [0.2, 0.25) is 0 Å². The second-order valence-electron chi connectivity index (χ2n) is 8.23. The second-order valence-corrected chi connectivity index (χ2v) is 8.23. The fourth-order valence-electron chi connectivity index (χ4n) is 4.14. The third-order valence-electron chi connectivity index (χ3n) is 5.94. The van der Waals surface area contributed by atoms with Crippen LogP contribution < -0.4 is 4.74 Å². The zero-order valence-electron chi connectivity index (χ0n) is 17.3. The molecule has 0 radical (unpaired) electrons. The molecule has 1 amide bonds. The molecule has 2 saturated heterocycles. The molecule has 6 nitrogen and oxygen atoms in total. The lowest BCUT2D eigenvalue weighted by Crippen LogP contribution is -2.31. The molecule has 1 atom stereocenters. The van der Waals surface area contributed by atoms with Crippen molar-refractivity contribution in [2.45, 2.75) is 44.6 Å². The molecule has 2 fully saturated rings. The minimum absolute atomic E-state index is 0.0692. The monoisotopic (exact) mass is 418 g/mol. The molecule has 2 aromatic rings. The number of likely N-dealkylation sites (tertiary alicyclic amines) is 2. The minimum Gasteiger partial charge on any atom is -0.494 e. The van der Waals surface area contributed by atoms with Crippen LogP contribution in [0.15, 0.2) is 36.7 Å². The van der Waals surface area contributed by atoms with Crippen molar-refractivity contribution in [1.82, 2.24) is 19.6 Å². The molecule has 4 rings (SSSR count). The van der Waals surface area contributed by atoms with E-state index in [1.807, 2.05) is 24.3 Å². The van der Waals surface area contributed by atoms with E-state index in [0.717, 1.165) is 24.4 Å². The number of carbonyl (C=O) groups excluding carboxylic acids is 1. The van der Waals surface area contributed by atoms with E-state index in [-0.39, 0.29) is 13.0 Å². The number of aromatic nitrogens is 2. The van der Waals surface area contributed by atoms with E-state index in [9.17, 15) is 13.6 Å². The highest BCUT2D eigenvalue weighted by molar-refractivity contribution is 5.94. The van der Waals surface area contributed by atoms with Gasteiger partial charge in [0.15, 0.2) is 0 Å². The molecule has 1 aromatic heterocycles. The first kappa shape index (κ1) is 20.8. The van der Waals surface area contributed by atoms with Crippen molar-refractivity contribution in [1.29, 1.82) is 0 Å². The Bertz CT molecular complexity index is 868. The van der Waals surface area contributed by atoms with Crippen molar-refractivity contribution < 1.29 is 18.3 Å². The number of halogens is 2. The number of benzene rings is 1. The third-order valence-corrected chi connectivity index (χ3v) is 5.94. The van der Waals surface area contributed by atoms with E-state index in [1.54, 1.807) is 10.9 Å². The number of hydrogen-bond donors (Lipinski definition) is 0. The van der Waals surface area contributed by atoms with Gasteiger partial charge in [-0.2, -0.15) is 5.10 Å². The van der Waals surface area contributed by atoms with E-state index < -0.39 is 18.4 Å². The van der Waals surface area contributed by atoms with Crippen LogP contribution in [0.1, 0.15) is 43.0 Å². The van der Waals surface area contributed by atoms with E-state index >= 15 is 0 Å². The van der Waals surface area contributed by atoms with Crippen LogP contribution in [0.2, 0.25) is 0 Å². The SMILES string of the molecule is CC1CCCN1CCCOc1ccc(-n2cc(C(=O)N3CCC(F)(F)C3)cn2)cc1. The topological polar surface area (TPSA) is 50.6 Å². The maximum atomic E-state index is 13.4. The summed E-state index contributed by atoms with van der Waals surface area (Å²) in [5, 5.41) is 4.21. The first-order valence-corrected chi connectivity index (χ1v) is 10.6. The van der Waals surface area contributed by atoms with Crippen molar-refractivity contribution >= 4 is 5.91 Å². The molecular formula is C22H28F2N4O2. The predicted octanol–water partition coefficient (Wildman–Crippen LogP) is 3.61. The Morgan fingerprint density at radius 2 is 2.07 bits per heavy atom. The highest BCUT2D eigenvalue weighted by Crippen LogP contribution is 2.28. The van der Waals surface area contributed by atoms with Gasteiger partial charge in [-0.05, 0) is 57.0 Å². The summed E-state index contributed by atoms with van der Waals surface area (Å²) in [4.78, 5) is 16.1.